The van der Waals surface area contributed by atoms with E-state index in [9.17, 15) is 14.4 Å². The van der Waals surface area contributed by atoms with Gasteiger partial charge in [0, 0.05) is 12.3 Å². The summed E-state index contributed by atoms with van der Waals surface area (Å²) in [6.07, 6.45) is 4.83. The van der Waals surface area contributed by atoms with Gasteiger partial charge in [0.1, 0.15) is 6.04 Å². The molecule has 1 aliphatic rings. The molecule has 19 heavy (non-hydrogen) atoms. The third-order valence-electron chi connectivity index (χ3n) is 3.46. The van der Waals surface area contributed by atoms with Gasteiger partial charge in [0.15, 0.2) is 0 Å². The van der Waals surface area contributed by atoms with E-state index in [4.69, 9.17) is 5.11 Å². The van der Waals surface area contributed by atoms with E-state index in [0.29, 0.717) is 0 Å². The van der Waals surface area contributed by atoms with Crippen LogP contribution in [0.3, 0.4) is 0 Å². The molecule has 0 unspecified atom stereocenters. The summed E-state index contributed by atoms with van der Waals surface area (Å²) in [7, 11) is 1.25. The average Bonchev–Trinajstić information content (AvgIpc) is 2.43. The molecule has 0 aromatic carbocycles. The van der Waals surface area contributed by atoms with E-state index in [1.54, 1.807) is 0 Å². The lowest BCUT2D eigenvalue weighted by atomic mass is 9.88. The monoisotopic (exact) mass is 271 g/mol. The molecule has 1 fully saturated rings. The Morgan fingerprint density at radius 1 is 1.26 bits per heavy atom. The van der Waals surface area contributed by atoms with Gasteiger partial charge in [-0.25, -0.2) is 4.79 Å². The molecule has 6 heteroatoms. The summed E-state index contributed by atoms with van der Waals surface area (Å²) in [6.45, 7) is 0. The molecule has 6 nitrogen and oxygen atoms in total. The summed E-state index contributed by atoms with van der Waals surface area (Å²) in [5.74, 6) is -1.89. The lowest BCUT2D eigenvalue weighted by molar-refractivity contribution is -0.144. The lowest BCUT2D eigenvalue weighted by Gasteiger charge is -2.23. The maximum Gasteiger partial charge on any atom is 0.326 e. The number of methoxy groups -OCH3 is 1. The maximum absolute atomic E-state index is 11.9. The van der Waals surface area contributed by atoms with Crippen LogP contribution in [0.2, 0.25) is 0 Å². The van der Waals surface area contributed by atoms with Crippen molar-refractivity contribution in [2.75, 3.05) is 7.11 Å². The molecule has 0 saturated heterocycles. The van der Waals surface area contributed by atoms with Crippen LogP contribution in [0, 0.1) is 5.92 Å². The molecule has 108 valence electrons. The number of carbonyl (C=O) groups is 3. The van der Waals surface area contributed by atoms with Crippen molar-refractivity contribution >= 4 is 17.8 Å². The highest BCUT2D eigenvalue weighted by Gasteiger charge is 2.26. The minimum Gasteiger partial charge on any atom is -0.480 e. The molecule has 1 atom stereocenters. The topological polar surface area (TPSA) is 92.7 Å². The SMILES string of the molecule is COC(=O)CC[C@H](NC(=O)C1CCCCC1)C(=O)O. The highest BCUT2D eigenvalue weighted by molar-refractivity contribution is 5.85. The van der Waals surface area contributed by atoms with Crippen molar-refractivity contribution in [1.82, 2.24) is 5.32 Å². The van der Waals surface area contributed by atoms with Gasteiger partial charge in [-0.1, -0.05) is 19.3 Å². The van der Waals surface area contributed by atoms with Crippen LogP contribution in [0.25, 0.3) is 0 Å². The Labute approximate surface area is 112 Å². The number of nitrogens with one attached hydrogen (secondary N) is 1. The molecule has 1 amide bonds. The van der Waals surface area contributed by atoms with Crippen LogP contribution in [0.15, 0.2) is 0 Å². The standard InChI is InChI=1S/C13H21NO5/c1-19-11(15)8-7-10(13(17)18)14-12(16)9-5-3-2-4-6-9/h9-10H,2-8H2,1H3,(H,14,16)(H,17,18)/t10-/m0/s1. The van der Waals surface area contributed by atoms with Gasteiger partial charge in [0.05, 0.1) is 7.11 Å². The van der Waals surface area contributed by atoms with Crippen molar-refractivity contribution in [3.8, 4) is 0 Å². The molecular formula is C13H21NO5. The molecule has 1 aliphatic carbocycles. The minimum atomic E-state index is -1.12. The van der Waals surface area contributed by atoms with E-state index in [-0.39, 0.29) is 24.7 Å². The second kappa shape index (κ2) is 7.76. The number of hydrogen-bond acceptors (Lipinski definition) is 4. The first-order valence-electron chi connectivity index (χ1n) is 6.64. The van der Waals surface area contributed by atoms with E-state index in [2.05, 4.69) is 10.1 Å². The Kier molecular flexibility index (Phi) is 6.32. The van der Waals surface area contributed by atoms with Gasteiger partial charge in [-0.2, -0.15) is 0 Å². The van der Waals surface area contributed by atoms with Crippen molar-refractivity contribution in [2.45, 2.75) is 51.0 Å². The maximum atomic E-state index is 11.9. The number of hydrogen-bond donors (Lipinski definition) is 2. The lowest BCUT2D eigenvalue weighted by Crippen LogP contribution is -2.44. The summed E-state index contributed by atoms with van der Waals surface area (Å²) in [4.78, 5) is 34.0. The molecule has 0 radical (unpaired) electrons. The Morgan fingerprint density at radius 3 is 2.42 bits per heavy atom. The molecular weight excluding hydrogens is 250 g/mol. The third-order valence-corrected chi connectivity index (χ3v) is 3.46. The van der Waals surface area contributed by atoms with E-state index >= 15 is 0 Å². The highest BCUT2D eigenvalue weighted by Crippen LogP contribution is 2.23. The average molecular weight is 271 g/mol. The van der Waals surface area contributed by atoms with Gasteiger partial charge in [-0.15, -0.1) is 0 Å². The Hall–Kier alpha value is -1.59. The fourth-order valence-electron chi connectivity index (χ4n) is 2.28. The van der Waals surface area contributed by atoms with Gasteiger partial charge in [-0.3, -0.25) is 9.59 Å². The van der Waals surface area contributed by atoms with E-state index in [1.165, 1.54) is 7.11 Å². The Bertz CT molecular complexity index is 336. The van der Waals surface area contributed by atoms with Crippen molar-refractivity contribution in [3.05, 3.63) is 0 Å². The normalized spacial score (nSPS) is 17.5. The van der Waals surface area contributed by atoms with Gasteiger partial charge in [0.2, 0.25) is 5.91 Å². The van der Waals surface area contributed by atoms with Gasteiger partial charge in [-0.05, 0) is 19.3 Å². The quantitative estimate of drug-likeness (QED) is 0.705. The number of esters is 1. The van der Waals surface area contributed by atoms with Crippen molar-refractivity contribution in [1.29, 1.82) is 0 Å². The van der Waals surface area contributed by atoms with Gasteiger partial charge < -0.3 is 15.2 Å². The summed E-state index contributed by atoms with van der Waals surface area (Å²) in [5, 5.41) is 11.6. The number of carboxylic acids is 1. The molecule has 2 N–H and O–H groups in total. The number of rotatable bonds is 6. The molecule has 1 rings (SSSR count). The molecule has 0 heterocycles. The highest BCUT2D eigenvalue weighted by atomic mass is 16.5. The number of carboxylic acid groups (broad SMARTS) is 1. The van der Waals surface area contributed by atoms with E-state index < -0.39 is 18.0 Å². The van der Waals surface area contributed by atoms with Crippen molar-refractivity contribution < 1.29 is 24.2 Å². The fourth-order valence-corrected chi connectivity index (χ4v) is 2.28. The fraction of sp³-hybridized carbons (Fsp3) is 0.769. The third kappa shape index (κ3) is 5.28. The zero-order chi connectivity index (χ0) is 14.3. The minimum absolute atomic E-state index is 0.0155. The van der Waals surface area contributed by atoms with Crippen molar-refractivity contribution in [2.24, 2.45) is 5.92 Å². The zero-order valence-corrected chi connectivity index (χ0v) is 11.2. The van der Waals surface area contributed by atoms with Crippen LogP contribution < -0.4 is 5.32 Å². The molecule has 0 spiro atoms. The summed E-state index contributed by atoms with van der Waals surface area (Å²) in [5.41, 5.74) is 0. The van der Waals surface area contributed by atoms with Crippen LogP contribution in [0.5, 0.6) is 0 Å². The molecule has 0 aliphatic heterocycles. The predicted octanol–water partition coefficient (Wildman–Crippen LogP) is 1.09. The number of carbonyl (C=O) groups excluding carboxylic acids is 2. The number of amides is 1. The van der Waals surface area contributed by atoms with E-state index in [0.717, 1.165) is 32.1 Å². The van der Waals surface area contributed by atoms with Crippen LogP contribution in [-0.4, -0.2) is 36.1 Å². The van der Waals surface area contributed by atoms with Crippen LogP contribution in [0.4, 0.5) is 0 Å². The van der Waals surface area contributed by atoms with Crippen molar-refractivity contribution in [3.63, 3.8) is 0 Å². The summed E-state index contributed by atoms with van der Waals surface area (Å²) < 4.78 is 4.46. The van der Waals surface area contributed by atoms with E-state index in [1.807, 2.05) is 0 Å². The smallest absolute Gasteiger partial charge is 0.326 e. The summed E-state index contributed by atoms with van der Waals surface area (Å²) >= 11 is 0. The molecule has 1 saturated carbocycles. The van der Waals surface area contributed by atoms with Gasteiger partial charge in [0.25, 0.3) is 0 Å². The first-order chi connectivity index (χ1) is 9.04. The molecule has 0 aromatic rings. The Morgan fingerprint density at radius 2 is 1.89 bits per heavy atom. The number of aliphatic carboxylic acids is 1. The second-order valence-corrected chi connectivity index (χ2v) is 4.85. The first kappa shape index (κ1) is 15.5. The summed E-state index contributed by atoms with van der Waals surface area (Å²) in [6, 6.07) is -1.02. The predicted molar refractivity (Wildman–Crippen MR) is 67.4 cm³/mol. The van der Waals surface area contributed by atoms with Crippen LogP contribution in [0.1, 0.15) is 44.9 Å². The largest absolute Gasteiger partial charge is 0.480 e. The zero-order valence-electron chi connectivity index (χ0n) is 11.2. The first-order valence-corrected chi connectivity index (χ1v) is 6.64. The van der Waals surface area contributed by atoms with Crippen LogP contribution >= 0.6 is 0 Å². The van der Waals surface area contributed by atoms with Gasteiger partial charge >= 0.3 is 11.9 Å². The molecule has 0 bridgehead atoms. The number of ether oxygens (including phenoxy) is 1. The Balaban J connectivity index is 2.45. The van der Waals surface area contributed by atoms with Crippen LogP contribution in [-0.2, 0) is 19.1 Å². The molecule has 0 aromatic heterocycles. The second-order valence-electron chi connectivity index (χ2n) is 4.85.